The zero-order valence-corrected chi connectivity index (χ0v) is 16.5. The lowest BCUT2D eigenvalue weighted by atomic mass is 10.0. The summed E-state index contributed by atoms with van der Waals surface area (Å²) in [6.07, 6.45) is -5.81. The van der Waals surface area contributed by atoms with Crippen LogP contribution in [0, 0.1) is 0 Å². The third kappa shape index (κ3) is 5.46. The number of oxime groups is 1. The van der Waals surface area contributed by atoms with Crippen LogP contribution in [0.4, 0.5) is 0 Å². The molecule has 1 saturated heterocycles. The Morgan fingerprint density at radius 2 is 1.93 bits per heavy atom. The van der Waals surface area contributed by atoms with Crippen molar-refractivity contribution in [2.75, 3.05) is 6.61 Å². The zero-order chi connectivity index (χ0) is 21.2. The van der Waals surface area contributed by atoms with E-state index in [0.717, 1.165) is 22.7 Å². The van der Waals surface area contributed by atoms with Gasteiger partial charge in [0.2, 0.25) is 0 Å². The van der Waals surface area contributed by atoms with Crippen LogP contribution < -0.4 is 0 Å². The molecule has 1 fully saturated rings. The smallest absolute Gasteiger partial charge is 0.394 e. The van der Waals surface area contributed by atoms with E-state index in [0.29, 0.717) is 5.69 Å². The Labute approximate surface area is 169 Å². The fourth-order valence-corrected chi connectivity index (χ4v) is 4.19. The maximum Gasteiger partial charge on any atom is 0.466 e. The molecule has 0 bridgehead atoms. The molecule has 0 radical (unpaired) electrons. The van der Waals surface area contributed by atoms with Crippen LogP contribution in [0.5, 0.6) is 0 Å². The van der Waals surface area contributed by atoms with E-state index in [9.17, 15) is 28.8 Å². The van der Waals surface area contributed by atoms with Crippen LogP contribution >= 0.6 is 11.8 Å². The van der Waals surface area contributed by atoms with Crippen LogP contribution in [0.2, 0.25) is 0 Å². The van der Waals surface area contributed by atoms with Crippen molar-refractivity contribution in [3.05, 3.63) is 36.0 Å². The molecule has 1 aliphatic heterocycles. The highest BCUT2D eigenvalue weighted by Crippen LogP contribution is 2.30. The van der Waals surface area contributed by atoms with Crippen LogP contribution in [0.3, 0.4) is 0 Å². The van der Waals surface area contributed by atoms with E-state index in [2.05, 4.69) is 14.4 Å². The van der Waals surface area contributed by atoms with Crippen LogP contribution in [-0.2, 0) is 25.8 Å². The Bertz CT molecular complexity index is 943. The maximum atomic E-state index is 10.9. The molecule has 29 heavy (non-hydrogen) atoms. The van der Waals surface area contributed by atoms with Gasteiger partial charge in [-0.25, -0.2) is 4.28 Å². The van der Waals surface area contributed by atoms with Gasteiger partial charge >= 0.3 is 10.4 Å². The number of H-pyrrole nitrogens is 1. The summed E-state index contributed by atoms with van der Waals surface area (Å²) in [5.74, 6) is 0. The van der Waals surface area contributed by atoms with E-state index in [4.69, 9.17) is 9.29 Å². The standard InChI is InChI=1S/C16H20N2O9S2/c19-7-11-13(20)14(21)15(22)16(26-11)28-12(18-27-29(23,24)25)6-9-5-8-3-1-2-4-10(8)17-9/h1-5,11,13-17,19-22H,6-7H2,(H,23,24,25)/t11-,13-,14+,15-,16+/m1/s1. The minimum atomic E-state index is -4.87. The predicted octanol–water partition coefficient (Wildman–Crippen LogP) is -0.624. The van der Waals surface area contributed by atoms with E-state index in [1.807, 2.05) is 24.3 Å². The average Bonchev–Trinajstić information content (AvgIpc) is 3.08. The van der Waals surface area contributed by atoms with Gasteiger partial charge in [-0.05, 0) is 17.5 Å². The zero-order valence-electron chi connectivity index (χ0n) is 14.8. The molecule has 1 aliphatic rings. The number of hydrogen-bond donors (Lipinski definition) is 6. The lowest BCUT2D eigenvalue weighted by Gasteiger charge is -2.39. The molecular weight excluding hydrogens is 428 g/mol. The number of para-hydroxylation sites is 1. The summed E-state index contributed by atoms with van der Waals surface area (Å²) in [4.78, 5) is 3.11. The number of thioether (sulfide) groups is 1. The van der Waals surface area contributed by atoms with Gasteiger partial charge in [0.1, 0.15) is 34.9 Å². The van der Waals surface area contributed by atoms with Gasteiger partial charge in [-0.15, -0.1) is 0 Å². The van der Waals surface area contributed by atoms with Crippen LogP contribution in [0.15, 0.2) is 35.5 Å². The highest BCUT2D eigenvalue weighted by molar-refractivity contribution is 8.14. The largest absolute Gasteiger partial charge is 0.466 e. The number of nitrogens with zero attached hydrogens (tertiary/aromatic N) is 1. The molecule has 11 nitrogen and oxygen atoms in total. The van der Waals surface area contributed by atoms with Crippen molar-refractivity contribution in [3.63, 3.8) is 0 Å². The van der Waals surface area contributed by atoms with Crippen LogP contribution in [0.1, 0.15) is 5.69 Å². The molecule has 2 aromatic rings. The first-order valence-electron chi connectivity index (χ1n) is 8.44. The summed E-state index contributed by atoms with van der Waals surface area (Å²) >= 11 is 0.719. The van der Waals surface area contributed by atoms with Crippen molar-refractivity contribution in [1.29, 1.82) is 0 Å². The molecule has 0 amide bonds. The quantitative estimate of drug-likeness (QED) is 0.144. The second-order valence-corrected chi connectivity index (χ2v) is 8.54. The number of rotatable bonds is 6. The minimum absolute atomic E-state index is 0.0153. The van der Waals surface area contributed by atoms with E-state index < -0.39 is 46.9 Å². The molecule has 13 heteroatoms. The maximum absolute atomic E-state index is 10.9. The second-order valence-electron chi connectivity index (χ2n) is 6.36. The molecule has 1 aromatic carbocycles. The van der Waals surface area contributed by atoms with Gasteiger partial charge < -0.3 is 30.1 Å². The topological polar surface area (TPSA) is 182 Å². The molecule has 0 spiro atoms. The average molecular weight is 448 g/mol. The summed E-state index contributed by atoms with van der Waals surface area (Å²) in [6, 6.07) is 9.19. The van der Waals surface area contributed by atoms with Gasteiger partial charge in [-0.1, -0.05) is 35.1 Å². The number of aromatic amines is 1. The number of ether oxygens (including phenoxy) is 1. The van der Waals surface area contributed by atoms with E-state index >= 15 is 0 Å². The van der Waals surface area contributed by atoms with Gasteiger partial charge in [0.05, 0.1) is 6.61 Å². The summed E-state index contributed by atoms with van der Waals surface area (Å²) in [6.45, 7) is -0.613. The Balaban J connectivity index is 1.83. The van der Waals surface area contributed by atoms with Gasteiger partial charge in [0, 0.05) is 17.6 Å². The molecule has 0 saturated carbocycles. The molecule has 1 aromatic heterocycles. The fraction of sp³-hybridized carbons (Fsp3) is 0.438. The second kappa shape index (κ2) is 8.97. The van der Waals surface area contributed by atoms with Gasteiger partial charge in [0.15, 0.2) is 0 Å². The van der Waals surface area contributed by atoms with Gasteiger partial charge in [0.25, 0.3) is 0 Å². The SMILES string of the molecule is O=S(=O)(O)ON=C(Cc1cc2ccccc2[nH]1)S[C@@H]1O[C@H](CO)[C@@H](O)[C@H](O)[C@H]1O. The molecular formula is C16H20N2O9S2. The van der Waals surface area contributed by atoms with E-state index in [-0.39, 0.29) is 11.5 Å². The number of hydrogen-bond acceptors (Lipinski definition) is 10. The number of aliphatic hydroxyl groups is 4. The molecule has 160 valence electrons. The first-order chi connectivity index (χ1) is 13.7. The summed E-state index contributed by atoms with van der Waals surface area (Å²) in [7, 11) is -4.87. The van der Waals surface area contributed by atoms with Crippen molar-refractivity contribution in [2.45, 2.75) is 36.3 Å². The fourth-order valence-electron chi connectivity index (χ4n) is 2.87. The number of aromatic nitrogens is 1. The lowest BCUT2D eigenvalue weighted by Crippen LogP contribution is -2.57. The van der Waals surface area contributed by atoms with E-state index in [1.54, 1.807) is 6.07 Å². The first-order valence-corrected chi connectivity index (χ1v) is 10.7. The normalized spacial score (nSPS) is 28.6. The van der Waals surface area contributed by atoms with E-state index in [1.165, 1.54) is 0 Å². The summed E-state index contributed by atoms with van der Waals surface area (Å²) in [5.41, 5.74) is 0.259. The molecule has 3 rings (SSSR count). The molecule has 0 aliphatic carbocycles. The van der Waals surface area contributed by atoms with Crippen molar-refractivity contribution in [2.24, 2.45) is 5.16 Å². The van der Waals surface area contributed by atoms with Crippen LogP contribution in [0.25, 0.3) is 10.9 Å². The number of fused-ring (bicyclic) bond motifs is 1. The summed E-state index contributed by atoms with van der Waals surface area (Å²) in [5, 5.41) is 43.5. The van der Waals surface area contributed by atoms with Crippen molar-refractivity contribution >= 4 is 38.1 Å². The molecule has 6 N–H and O–H groups in total. The molecule has 5 atom stereocenters. The Kier molecular flexibility index (Phi) is 6.80. The summed E-state index contributed by atoms with van der Waals surface area (Å²) < 4.78 is 40.1. The highest BCUT2D eigenvalue weighted by atomic mass is 32.3. The van der Waals surface area contributed by atoms with Gasteiger partial charge in [-0.3, -0.25) is 4.55 Å². The van der Waals surface area contributed by atoms with Gasteiger partial charge in [-0.2, -0.15) is 8.42 Å². The first kappa shape index (κ1) is 22.0. The Morgan fingerprint density at radius 3 is 2.59 bits per heavy atom. The number of aliphatic hydroxyl groups excluding tert-OH is 4. The third-order valence-corrected chi connectivity index (χ3v) is 5.64. The van der Waals surface area contributed by atoms with Crippen LogP contribution in [-0.4, -0.2) is 79.9 Å². The predicted molar refractivity (Wildman–Crippen MR) is 103 cm³/mol. The van der Waals surface area contributed by atoms with Crippen molar-refractivity contribution in [3.8, 4) is 0 Å². The molecule has 2 heterocycles. The van der Waals surface area contributed by atoms with Crippen molar-refractivity contribution in [1.82, 2.24) is 4.98 Å². The lowest BCUT2D eigenvalue weighted by molar-refractivity contribution is -0.205. The number of benzene rings is 1. The Morgan fingerprint density at radius 1 is 1.21 bits per heavy atom. The monoisotopic (exact) mass is 448 g/mol. The highest BCUT2D eigenvalue weighted by Gasteiger charge is 2.44. The number of nitrogens with one attached hydrogen (secondary N) is 1. The third-order valence-electron chi connectivity index (χ3n) is 4.26. The van der Waals surface area contributed by atoms with Crippen molar-refractivity contribution < 1.29 is 42.4 Å². The molecule has 0 unspecified atom stereocenters. The Hall–Kier alpha value is -1.71. The minimum Gasteiger partial charge on any atom is -0.394 e.